The Morgan fingerprint density at radius 1 is 0.762 bits per heavy atom. The average Bonchev–Trinajstić information content (AvgIpc) is 2.08. The van der Waals surface area contributed by atoms with Crippen LogP contribution in [0.1, 0.15) is 6.92 Å². The van der Waals surface area contributed by atoms with E-state index < -0.39 is 41.6 Å². The summed E-state index contributed by atoms with van der Waals surface area (Å²) >= 11 is 0. The number of allylic oxidation sites excluding steroid dienone is 2. The Hall–Kier alpha value is -1.56. The Labute approximate surface area is 109 Å². The molecule has 13 heteroatoms. The number of alkyl halides is 11. The van der Waals surface area contributed by atoms with Gasteiger partial charge in [-0.3, -0.25) is 0 Å². The standard InChI is InChI=1S/C8H5F11N2/c1-2(20)21-4(5(9,10)8(17,18)19)3(6(11,12)13)7(14,15)16/h1H3,(H2,20,21). The molecule has 2 nitrogen and oxygen atoms in total. The average molecular weight is 338 g/mol. The lowest BCUT2D eigenvalue weighted by atomic mass is 10.1. The van der Waals surface area contributed by atoms with E-state index in [1.165, 1.54) is 0 Å². The van der Waals surface area contributed by atoms with E-state index in [4.69, 9.17) is 0 Å². The molecule has 124 valence electrons. The first-order valence-corrected chi connectivity index (χ1v) is 4.56. The van der Waals surface area contributed by atoms with Crippen molar-refractivity contribution in [1.82, 2.24) is 0 Å². The molecule has 0 bridgehead atoms. The fraction of sp³-hybridized carbons (Fsp3) is 0.625. The van der Waals surface area contributed by atoms with E-state index in [1.807, 2.05) is 4.99 Å². The molecule has 0 unspecified atom stereocenters. The zero-order valence-corrected chi connectivity index (χ0v) is 9.68. The van der Waals surface area contributed by atoms with E-state index in [0.717, 1.165) is 0 Å². The lowest BCUT2D eigenvalue weighted by Gasteiger charge is -2.25. The molecule has 0 aliphatic heterocycles. The maximum atomic E-state index is 12.9. The zero-order valence-electron chi connectivity index (χ0n) is 9.68. The van der Waals surface area contributed by atoms with Crippen molar-refractivity contribution in [2.45, 2.75) is 31.4 Å². The number of aliphatic imine (C=N–C) groups is 1. The molecule has 0 atom stereocenters. The molecule has 0 aromatic rings. The Morgan fingerprint density at radius 2 is 1.10 bits per heavy atom. The number of amidine groups is 1. The van der Waals surface area contributed by atoms with Crippen LogP contribution in [-0.4, -0.2) is 30.3 Å². The SMILES string of the molecule is CC(N)=NC(=C(C(F)(F)F)C(F)(F)F)C(F)(F)C(F)(F)F. The van der Waals surface area contributed by atoms with Gasteiger partial charge in [0.05, 0.1) is 5.84 Å². The summed E-state index contributed by atoms with van der Waals surface area (Å²) in [7, 11) is 0. The van der Waals surface area contributed by atoms with E-state index >= 15 is 0 Å². The van der Waals surface area contributed by atoms with Crippen molar-refractivity contribution >= 4 is 5.84 Å². The minimum absolute atomic E-state index is 0.441. The molecule has 0 radical (unpaired) electrons. The van der Waals surface area contributed by atoms with Gasteiger partial charge in [-0.25, -0.2) is 4.99 Å². The molecule has 0 aromatic heterocycles. The summed E-state index contributed by atoms with van der Waals surface area (Å²) in [6.45, 7) is 0.441. The molecule has 0 amide bonds. The second-order valence-corrected chi connectivity index (χ2v) is 3.54. The van der Waals surface area contributed by atoms with Gasteiger partial charge in [0.2, 0.25) is 0 Å². The minimum Gasteiger partial charge on any atom is -0.387 e. The van der Waals surface area contributed by atoms with Crippen molar-refractivity contribution in [1.29, 1.82) is 0 Å². The van der Waals surface area contributed by atoms with Crippen LogP contribution in [0.25, 0.3) is 0 Å². The molecule has 0 spiro atoms. The highest BCUT2D eigenvalue weighted by Crippen LogP contribution is 2.49. The molecule has 0 saturated carbocycles. The maximum absolute atomic E-state index is 12.9. The molecule has 21 heavy (non-hydrogen) atoms. The van der Waals surface area contributed by atoms with Gasteiger partial charge in [0.1, 0.15) is 5.70 Å². The molecule has 0 aliphatic carbocycles. The fourth-order valence-corrected chi connectivity index (χ4v) is 1.02. The van der Waals surface area contributed by atoms with Gasteiger partial charge in [-0.15, -0.1) is 0 Å². The van der Waals surface area contributed by atoms with E-state index in [1.54, 1.807) is 0 Å². The first-order valence-electron chi connectivity index (χ1n) is 4.56. The second-order valence-electron chi connectivity index (χ2n) is 3.54. The van der Waals surface area contributed by atoms with Gasteiger partial charge in [-0.1, -0.05) is 0 Å². The van der Waals surface area contributed by atoms with Crippen LogP contribution in [-0.2, 0) is 0 Å². The summed E-state index contributed by atoms with van der Waals surface area (Å²) in [5.41, 5.74) is -3.10. The molecular weight excluding hydrogens is 333 g/mol. The largest absolute Gasteiger partial charge is 0.459 e. The van der Waals surface area contributed by atoms with Crippen molar-refractivity contribution in [3.63, 3.8) is 0 Å². The summed E-state index contributed by atoms with van der Waals surface area (Å²) in [5.74, 6) is -7.85. The maximum Gasteiger partial charge on any atom is 0.459 e. The van der Waals surface area contributed by atoms with Crippen LogP contribution in [0.3, 0.4) is 0 Å². The van der Waals surface area contributed by atoms with Crippen LogP contribution in [0.4, 0.5) is 48.3 Å². The van der Waals surface area contributed by atoms with Crippen LogP contribution in [0.15, 0.2) is 16.3 Å². The minimum atomic E-state index is -6.73. The number of halogens is 11. The molecule has 0 heterocycles. The molecule has 0 rings (SSSR count). The highest BCUT2D eigenvalue weighted by molar-refractivity contribution is 5.78. The van der Waals surface area contributed by atoms with Crippen LogP contribution in [0.5, 0.6) is 0 Å². The van der Waals surface area contributed by atoms with Crippen LogP contribution < -0.4 is 5.73 Å². The van der Waals surface area contributed by atoms with Gasteiger partial charge in [0.25, 0.3) is 0 Å². The van der Waals surface area contributed by atoms with E-state index in [2.05, 4.69) is 5.73 Å². The van der Waals surface area contributed by atoms with E-state index in [0.29, 0.717) is 6.92 Å². The van der Waals surface area contributed by atoms with Gasteiger partial charge >= 0.3 is 24.5 Å². The van der Waals surface area contributed by atoms with Gasteiger partial charge in [-0.2, -0.15) is 48.3 Å². The number of nitrogens with zero attached hydrogens (tertiary/aromatic N) is 1. The van der Waals surface area contributed by atoms with Crippen molar-refractivity contribution in [3.8, 4) is 0 Å². The normalized spacial score (nSPS) is 15.1. The van der Waals surface area contributed by atoms with Crippen LogP contribution in [0.2, 0.25) is 0 Å². The lowest BCUT2D eigenvalue weighted by molar-refractivity contribution is -0.268. The molecule has 0 aromatic carbocycles. The molecular formula is C8H5F11N2. The summed E-state index contributed by atoms with van der Waals surface area (Å²) < 4.78 is 135. The van der Waals surface area contributed by atoms with Gasteiger partial charge in [0, 0.05) is 0 Å². The first kappa shape index (κ1) is 19.4. The third kappa shape index (κ3) is 4.46. The Kier molecular flexibility index (Phi) is 4.93. The zero-order chi connectivity index (χ0) is 17.4. The first-order chi connectivity index (χ1) is 8.92. The Balaban J connectivity index is 6.77. The van der Waals surface area contributed by atoms with Crippen LogP contribution in [0, 0.1) is 0 Å². The fourth-order valence-electron chi connectivity index (χ4n) is 1.02. The van der Waals surface area contributed by atoms with Crippen molar-refractivity contribution in [2.75, 3.05) is 0 Å². The Bertz CT molecular complexity index is 428. The monoisotopic (exact) mass is 338 g/mol. The van der Waals surface area contributed by atoms with Gasteiger partial charge < -0.3 is 5.73 Å². The smallest absolute Gasteiger partial charge is 0.387 e. The third-order valence-electron chi connectivity index (χ3n) is 1.75. The summed E-state index contributed by atoms with van der Waals surface area (Å²) in [4.78, 5) is 1.91. The Morgan fingerprint density at radius 3 is 1.29 bits per heavy atom. The second kappa shape index (κ2) is 5.33. The van der Waals surface area contributed by atoms with Gasteiger partial charge in [0.15, 0.2) is 5.57 Å². The summed E-state index contributed by atoms with van der Waals surface area (Å²) in [6.07, 6.45) is -19.8. The van der Waals surface area contributed by atoms with Crippen LogP contribution >= 0.6 is 0 Å². The molecule has 0 fully saturated rings. The van der Waals surface area contributed by atoms with E-state index in [-0.39, 0.29) is 0 Å². The van der Waals surface area contributed by atoms with Crippen molar-refractivity contribution in [2.24, 2.45) is 10.7 Å². The predicted octanol–water partition coefficient (Wildman–Crippen LogP) is 3.94. The van der Waals surface area contributed by atoms with E-state index in [9.17, 15) is 48.3 Å². The highest BCUT2D eigenvalue weighted by Gasteiger charge is 2.66. The van der Waals surface area contributed by atoms with Gasteiger partial charge in [-0.05, 0) is 6.92 Å². The number of rotatable bonds is 2. The predicted molar refractivity (Wildman–Crippen MR) is 47.4 cm³/mol. The molecule has 0 aliphatic rings. The summed E-state index contributed by atoms with van der Waals surface area (Å²) in [5, 5.41) is 0. The number of nitrogens with two attached hydrogens (primary N) is 1. The third-order valence-corrected chi connectivity index (χ3v) is 1.75. The number of hydrogen-bond acceptors (Lipinski definition) is 1. The molecule has 2 N–H and O–H groups in total. The van der Waals surface area contributed by atoms with Crippen molar-refractivity contribution in [3.05, 3.63) is 11.3 Å². The highest BCUT2D eigenvalue weighted by atomic mass is 19.4. The lowest BCUT2D eigenvalue weighted by Crippen LogP contribution is -2.42. The number of hydrogen-bond donors (Lipinski definition) is 1. The topological polar surface area (TPSA) is 38.4 Å². The molecule has 0 saturated heterocycles. The quantitative estimate of drug-likeness (QED) is 0.462. The summed E-state index contributed by atoms with van der Waals surface area (Å²) in [6, 6.07) is 0. The van der Waals surface area contributed by atoms with Crippen molar-refractivity contribution < 1.29 is 48.3 Å².